The summed E-state index contributed by atoms with van der Waals surface area (Å²) in [6.45, 7) is 1.54. The van der Waals surface area contributed by atoms with Gasteiger partial charge in [-0.1, -0.05) is 0 Å². The molecule has 0 aliphatic carbocycles. The molecule has 1 aromatic rings. The molecule has 1 aromatic carbocycles. The molecule has 0 bridgehead atoms. The minimum atomic E-state index is -3.83. The Morgan fingerprint density at radius 3 is 2.67 bits per heavy atom. The molecular formula is C9H8BrN3O4S. The SMILES string of the molecule is Cc1cc(Br)c(NS(=O)(=O)CC#N)cc1[N+](=O)[O-]. The molecule has 0 fully saturated rings. The molecule has 0 saturated carbocycles. The van der Waals surface area contributed by atoms with E-state index >= 15 is 0 Å². The molecular weight excluding hydrogens is 326 g/mol. The van der Waals surface area contributed by atoms with Gasteiger partial charge in [0.15, 0.2) is 5.75 Å². The van der Waals surface area contributed by atoms with Crippen molar-refractivity contribution in [1.82, 2.24) is 0 Å². The summed E-state index contributed by atoms with van der Waals surface area (Å²) in [6, 6.07) is 4.04. The van der Waals surface area contributed by atoms with Crippen molar-refractivity contribution in [2.45, 2.75) is 6.92 Å². The first kappa shape index (κ1) is 14.4. The molecule has 7 nitrogen and oxygen atoms in total. The maximum Gasteiger partial charge on any atom is 0.274 e. The number of halogens is 1. The maximum atomic E-state index is 11.4. The predicted octanol–water partition coefficient (Wildman–Crippen LogP) is 1.93. The quantitative estimate of drug-likeness (QED) is 0.668. The first-order valence-electron chi connectivity index (χ1n) is 4.59. The van der Waals surface area contributed by atoms with Gasteiger partial charge in [0.05, 0.1) is 16.7 Å². The van der Waals surface area contributed by atoms with Gasteiger partial charge in [-0.05, 0) is 28.9 Å². The van der Waals surface area contributed by atoms with Gasteiger partial charge in [0.2, 0.25) is 10.0 Å². The molecule has 1 N–H and O–H groups in total. The number of hydrogen-bond acceptors (Lipinski definition) is 5. The van der Waals surface area contributed by atoms with Crippen molar-refractivity contribution >= 4 is 37.3 Å². The molecule has 96 valence electrons. The normalized spacial score (nSPS) is 10.7. The fraction of sp³-hybridized carbons (Fsp3) is 0.222. The molecule has 0 atom stereocenters. The van der Waals surface area contributed by atoms with Gasteiger partial charge in [-0.3, -0.25) is 14.8 Å². The van der Waals surface area contributed by atoms with E-state index in [1.165, 1.54) is 19.1 Å². The Hall–Kier alpha value is -1.66. The molecule has 0 aliphatic heterocycles. The van der Waals surface area contributed by atoms with Gasteiger partial charge in [0, 0.05) is 16.1 Å². The van der Waals surface area contributed by atoms with Crippen LogP contribution in [0.3, 0.4) is 0 Å². The summed E-state index contributed by atoms with van der Waals surface area (Å²) in [7, 11) is -3.83. The fourth-order valence-corrected chi connectivity index (χ4v) is 2.66. The van der Waals surface area contributed by atoms with Gasteiger partial charge in [-0.2, -0.15) is 5.26 Å². The zero-order valence-corrected chi connectivity index (χ0v) is 11.6. The van der Waals surface area contributed by atoms with E-state index in [9.17, 15) is 18.5 Å². The third-order valence-corrected chi connectivity index (χ3v) is 3.70. The van der Waals surface area contributed by atoms with Gasteiger partial charge in [0.1, 0.15) is 0 Å². The molecule has 18 heavy (non-hydrogen) atoms. The molecule has 0 spiro atoms. The number of nitrogens with zero attached hydrogens (tertiary/aromatic N) is 2. The van der Waals surface area contributed by atoms with Crippen molar-refractivity contribution < 1.29 is 13.3 Å². The molecule has 0 amide bonds. The highest BCUT2D eigenvalue weighted by atomic mass is 79.9. The Morgan fingerprint density at radius 1 is 1.56 bits per heavy atom. The van der Waals surface area contributed by atoms with E-state index in [2.05, 4.69) is 20.7 Å². The van der Waals surface area contributed by atoms with E-state index in [0.29, 0.717) is 10.0 Å². The Labute approximate surface area is 112 Å². The van der Waals surface area contributed by atoms with Crippen molar-refractivity contribution in [3.05, 3.63) is 32.3 Å². The number of nitriles is 1. The Balaban J connectivity index is 3.23. The minimum absolute atomic E-state index is 0.0301. The molecule has 0 saturated heterocycles. The van der Waals surface area contributed by atoms with Crippen molar-refractivity contribution in [2.75, 3.05) is 10.5 Å². The molecule has 9 heteroatoms. The van der Waals surface area contributed by atoms with Crippen LogP contribution in [-0.2, 0) is 10.0 Å². The largest absolute Gasteiger partial charge is 0.281 e. The lowest BCUT2D eigenvalue weighted by atomic mass is 10.2. The van der Waals surface area contributed by atoms with E-state index in [-0.39, 0.29) is 11.4 Å². The zero-order chi connectivity index (χ0) is 13.9. The van der Waals surface area contributed by atoms with Crippen LogP contribution in [0.1, 0.15) is 5.56 Å². The number of rotatable bonds is 4. The summed E-state index contributed by atoms with van der Waals surface area (Å²) < 4.78 is 25.3. The van der Waals surface area contributed by atoms with Crippen LogP contribution in [0, 0.1) is 28.4 Å². The van der Waals surface area contributed by atoms with Crippen molar-refractivity contribution in [3.63, 3.8) is 0 Å². The number of nitro groups is 1. The van der Waals surface area contributed by atoms with Gasteiger partial charge in [0.25, 0.3) is 5.69 Å². The lowest BCUT2D eigenvalue weighted by Crippen LogP contribution is -2.16. The average Bonchev–Trinajstić information content (AvgIpc) is 2.21. The monoisotopic (exact) mass is 333 g/mol. The highest BCUT2D eigenvalue weighted by Crippen LogP contribution is 2.31. The number of anilines is 1. The Morgan fingerprint density at radius 2 is 2.17 bits per heavy atom. The molecule has 1 rings (SSSR count). The first-order valence-corrected chi connectivity index (χ1v) is 7.03. The van der Waals surface area contributed by atoms with Crippen LogP contribution in [0.5, 0.6) is 0 Å². The second-order valence-corrected chi connectivity index (χ2v) is 5.97. The van der Waals surface area contributed by atoms with Crippen LogP contribution in [0.25, 0.3) is 0 Å². The smallest absolute Gasteiger partial charge is 0.274 e. The van der Waals surface area contributed by atoms with Crippen LogP contribution < -0.4 is 4.72 Å². The number of benzene rings is 1. The second-order valence-electron chi connectivity index (χ2n) is 3.39. The van der Waals surface area contributed by atoms with E-state index in [0.717, 1.165) is 6.07 Å². The molecule has 0 aliphatic rings. The number of sulfonamides is 1. The number of aryl methyl sites for hydroxylation is 1. The second kappa shape index (κ2) is 5.32. The van der Waals surface area contributed by atoms with Gasteiger partial charge in [-0.25, -0.2) is 8.42 Å². The third-order valence-electron chi connectivity index (χ3n) is 2.00. The molecule has 0 heterocycles. The molecule has 0 aromatic heterocycles. The average molecular weight is 334 g/mol. The minimum Gasteiger partial charge on any atom is -0.281 e. The number of nitrogens with one attached hydrogen (secondary N) is 1. The van der Waals surface area contributed by atoms with Crippen LogP contribution in [0.4, 0.5) is 11.4 Å². The highest BCUT2D eigenvalue weighted by molar-refractivity contribution is 9.10. The van der Waals surface area contributed by atoms with E-state index in [1.54, 1.807) is 0 Å². The van der Waals surface area contributed by atoms with Crippen LogP contribution in [0.15, 0.2) is 16.6 Å². The number of hydrogen-bond donors (Lipinski definition) is 1. The van der Waals surface area contributed by atoms with Gasteiger partial charge >= 0.3 is 0 Å². The van der Waals surface area contributed by atoms with Gasteiger partial charge in [-0.15, -0.1) is 0 Å². The molecule has 0 radical (unpaired) electrons. The zero-order valence-electron chi connectivity index (χ0n) is 9.18. The topological polar surface area (TPSA) is 113 Å². The molecule has 0 unspecified atom stereocenters. The summed E-state index contributed by atoms with van der Waals surface area (Å²) in [5, 5.41) is 19.1. The predicted molar refractivity (Wildman–Crippen MR) is 68.6 cm³/mol. The third kappa shape index (κ3) is 3.41. The van der Waals surface area contributed by atoms with Crippen molar-refractivity contribution in [2.24, 2.45) is 0 Å². The summed E-state index contributed by atoms with van der Waals surface area (Å²) in [4.78, 5) is 10.1. The van der Waals surface area contributed by atoms with Gasteiger partial charge < -0.3 is 0 Å². The summed E-state index contributed by atoms with van der Waals surface area (Å²) in [6.07, 6.45) is 0. The Bertz CT molecular complexity index is 636. The van der Waals surface area contributed by atoms with E-state index in [1.807, 2.05) is 0 Å². The maximum absolute atomic E-state index is 11.4. The van der Waals surface area contributed by atoms with E-state index in [4.69, 9.17) is 5.26 Å². The summed E-state index contributed by atoms with van der Waals surface area (Å²) in [5.41, 5.74) is 0.227. The highest BCUT2D eigenvalue weighted by Gasteiger charge is 2.18. The van der Waals surface area contributed by atoms with Crippen molar-refractivity contribution in [1.29, 1.82) is 5.26 Å². The summed E-state index contributed by atoms with van der Waals surface area (Å²) in [5.74, 6) is -0.721. The lowest BCUT2D eigenvalue weighted by molar-refractivity contribution is -0.385. The van der Waals surface area contributed by atoms with Crippen LogP contribution in [0.2, 0.25) is 0 Å². The Kier molecular flexibility index (Phi) is 4.26. The first-order chi connectivity index (χ1) is 8.26. The summed E-state index contributed by atoms with van der Waals surface area (Å²) >= 11 is 3.10. The standard InChI is InChI=1S/C9H8BrN3O4S/c1-6-4-7(10)8(5-9(6)13(14)15)12-18(16,17)3-2-11/h4-5,12H,3H2,1H3. The van der Waals surface area contributed by atoms with E-state index < -0.39 is 20.7 Å². The lowest BCUT2D eigenvalue weighted by Gasteiger charge is -2.08. The number of nitro benzene ring substituents is 1. The van der Waals surface area contributed by atoms with Crippen LogP contribution in [-0.4, -0.2) is 19.1 Å². The van der Waals surface area contributed by atoms with Crippen molar-refractivity contribution in [3.8, 4) is 6.07 Å². The fourth-order valence-electron chi connectivity index (χ4n) is 1.22. The van der Waals surface area contributed by atoms with Crippen LogP contribution >= 0.6 is 15.9 Å².